The molecule has 31 heavy (non-hydrogen) atoms. The summed E-state index contributed by atoms with van der Waals surface area (Å²) in [7, 11) is 0. The first-order valence-electron chi connectivity index (χ1n) is 11.1. The highest BCUT2D eigenvalue weighted by molar-refractivity contribution is 5.61. The molecule has 0 spiro atoms. The van der Waals surface area contributed by atoms with Crippen LogP contribution in [0.15, 0.2) is 85.7 Å². The van der Waals surface area contributed by atoms with Gasteiger partial charge in [0.25, 0.3) is 0 Å². The normalized spacial score (nSPS) is 10.9. The van der Waals surface area contributed by atoms with Crippen molar-refractivity contribution in [1.29, 1.82) is 0 Å². The Labute approximate surface area is 184 Å². The number of hydrogen-bond donors (Lipinski definition) is 0. The zero-order chi connectivity index (χ0) is 21.5. The SMILES string of the molecule is CC[n+]1ccc(-c2cc[n+](CCCCc3ccnc(-c4cc(C)ccn4)c3)cc2)cc1. The summed E-state index contributed by atoms with van der Waals surface area (Å²) in [5.41, 5.74) is 6.94. The standard InChI is InChI=1S/C27H30N4/c1-3-30-16-9-24(10-17-30)25-11-18-31(19-12-25)15-5-4-6-23-8-14-29-27(21-23)26-20-22(2)7-13-28-26/h7-14,16-21H,3-6,15H2,1-2H3/q+2. The molecule has 4 nitrogen and oxygen atoms in total. The van der Waals surface area contributed by atoms with E-state index in [-0.39, 0.29) is 0 Å². The van der Waals surface area contributed by atoms with E-state index >= 15 is 0 Å². The summed E-state index contributed by atoms with van der Waals surface area (Å²) in [6.07, 6.45) is 15.7. The maximum absolute atomic E-state index is 4.50. The zero-order valence-electron chi connectivity index (χ0n) is 18.4. The van der Waals surface area contributed by atoms with E-state index in [1.54, 1.807) is 0 Å². The van der Waals surface area contributed by atoms with E-state index in [2.05, 4.69) is 100 Å². The van der Waals surface area contributed by atoms with Crippen LogP contribution in [0.4, 0.5) is 0 Å². The van der Waals surface area contributed by atoms with Crippen LogP contribution in [0.2, 0.25) is 0 Å². The summed E-state index contributed by atoms with van der Waals surface area (Å²) >= 11 is 0. The van der Waals surface area contributed by atoms with Gasteiger partial charge in [-0.1, -0.05) is 0 Å². The molecule has 0 amide bonds. The molecule has 0 aromatic carbocycles. The van der Waals surface area contributed by atoms with Crippen molar-refractivity contribution in [2.45, 2.75) is 46.2 Å². The Morgan fingerprint density at radius 3 is 1.97 bits per heavy atom. The fourth-order valence-electron chi connectivity index (χ4n) is 3.73. The van der Waals surface area contributed by atoms with E-state index < -0.39 is 0 Å². The second kappa shape index (κ2) is 10.1. The number of hydrogen-bond acceptors (Lipinski definition) is 2. The van der Waals surface area contributed by atoms with Gasteiger partial charge in [-0.2, -0.15) is 0 Å². The van der Waals surface area contributed by atoms with Gasteiger partial charge in [0.2, 0.25) is 0 Å². The molecule has 4 aromatic rings. The van der Waals surface area contributed by atoms with Gasteiger partial charge in [0.05, 0.1) is 11.4 Å². The third-order valence-electron chi connectivity index (χ3n) is 5.61. The third kappa shape index (κ3) is 5.60. The van der Waals surface area contributed by atoms with Crippen LogP contribution in [0.3, 0.4) is 0 Å². The number of rotatable bonds is 8. The molecule has 0 atom stereocenters. The van der Waals surface area contributed by atoms with Gasteiger partial charge in [-0.3, -0.25) is 9.97 Å². The van der Waals surface area contributed by atoms with Crippen LogP contribution in [0.1, 0.15) is 30.9 Å². The van der Waals surface area contributed by atoms with Crippen LogP contribution in [0, 0.1) is 6.92 Å². The third-order valence-corrected chi connectivity index (χ3v) is 5.61. The molecular formula is C27H30N4+2. The van der Waals surface area contributed by atoms with E-state index in [1.165, 1.54) is 22.3 Å². The molecule has 0 aliphatic heterocycles. The van der Waals surface area contributed by atoms with Crippen LogP contribution in [-0.2, 0) is 19.5 Å². The van der Waals surface area contributed by atoms with Gasteiger partial charge in [-0.15, -0.1) is 0 Å². The highest BCUT2D eigenvalue weighted by atomic mass is 14.9. The molecule has 0 radical (unpaired) electrons. The number of pyridine rings is 4. The Kier molecular flexibility index (Phi) is 6.78. The number of unbranched alkanes of at least 4 members (excludes halogenated alkanes) is 1. The van der Waals surface area contributed by atoms with Crippen molar-refractivity contribution < 1.29 is 9.13 Å². The molecule has 0 saturated carbocycles. The minimum absolute atomic E-state index is 0.945. The molecule has 0 saturated heterocycles. The van der Waals surface area contributed by atoms with Crippen molar-refractivity contribution in [3.05, 3.63) is 96.8 Å². The Hall–Kier alpha value is -3.40. The summed E-state index contributed by atoms with van der Waals surface area (Å²) < 4.78 is 4.45. The lowest BCUT2D eigenvalue weighted by molar-refractivity contribution is -0.697. The minimum atomic E-state index is 0.945. The molecule has 4 heteroatoms. The van der Waals surface area contributed by atoms with Gasteiger partial charge in [-0.25, -0.2) is 9.13 Å². The molecule has 4 rings (SSSR count). The fourth-order valence-corrected chi connectivity index (χ4v) is 3.73. The number of aryl methyl sites for hydroxylation is 4. The van der Waals surface area contributed by atoms with Crippen molar-refractivity contribution >= 4 is 0 Å². The Balaban J connectivity index is 1.29. The van der Waals surface area contributed by atoms with Crippen molar-refractivity contribution in [2.75, 3.05) is 0 Å². The summed E-state index contributed by atoms with van der Waals surface area (Å²) in [6, 6.07) is 17.2. The van der Waals surface area contributed by atoms with Crippen molar-refractivity contribution in [1.82, 2.24) is 9.97 Å². The summed E-state index contributed by atoms with van der Waals surface area (Å²) in [6.45, 7) is 6.27. The van der Waals surface area contributed by atoms with Gasteiger partial charge >= 0.3 is 0 Å². The van der Waals surface area contributed by atoms with Gasteiger partial charge in [0.1, 0.15) is 13.1 Å². The van der Waals surface area contributed by atoms with E-state index in [0.29, 0.717) is 0 Å². The predicted molar refractivity (Wildman–Crippen MR) is 123 cm³/mol. The van der Waals surface area contributed by atoms with Crippen LogP contribution in [0.5, 0.6) is 0 Å². The quantitative estimate of drug-likeness (QED) is 0.311. The molecular weight excluding hydrogens is 380 g/mol. The molecule has 0 unspecified atom stereocenters. The van der Waals surface area contributed by atoms with Gasteiger partial charge < -0.3 is 0 Å². The van der Waals surface area contributed by atoms with E-state index in [9.17, 15) is 0 Å². The first-order chi connectivity index (χ1) is 15.2. The summed E-state index contributed by atoms with van der Waals surface area (Å²) in [5.74, 6) is 0. The predicted octanol–water partition coefficient (Wildman–Crippen LogP) is 4.74. The fraction of sp³-hybridized carbons (Fsp3) is 0.259. The number of nitrogens with zero attached hydrogens (tertiary/aromatic N) is 4. The van der Waals surface area contributed by atoms with Crippen LogP contribution < -0.4 is 9.13 Å². The maximum atomic E-state index is 4.50. The summed E-state index contributed by atoms with van der Waals surface area (Å²) in [4.78, 5) is 8.96. The lowest BCUT2D eigenvalue weighted by Crippen LogP contribution is -2.32. The van der Waals surface area contributed by atoms with Crippen LogP contribution in [-0.4, -0.2) is 9.97 Å². The average molecular weight is 411 g/mol. The Morgan fingerprint density at radius 1 is 0.710 bits per heavy atom. The molecule has 0 fully saturated rings. The first kappa shape index (κ1) is 20.9. The second-order valence-electron chi connectivity index (χ2n) is 7.97. The summed E-state index contributed by atoms with van der Waals surface area (Å²) in [5, 5.41) is 0. The lowest BCUT2D eigenvalue weighted by atomic mass is 10.1. The molecule has 4 aromatic heterocycles. The highest BCUT2D eigenvalue weighted by Gasteiger charge is 2.06. The van der Waals surface area contributed by atoms with Crippen molar-refractivity contribution in [2.24, 2.45) is 0 Å². The molecule has 0 N–H and O–H groups in total. The van der Waals surface area contributed by atoms with Crippen molar-refractivity contribution in [3.8, 4) is 22.5 Å². The maximum Gasteiger partial charge on any atom is 0.169 e. The van der Waals surface area contributed by atoms with Crippen LogP contribution in [0.25, 0.3) is 22.5 Å². The molecule has 0 bridgehead atoms. The molecule has 0 aliphatic rings. The van der Waals surface area contributed by atoms with E-state index in [0.717, 1.165) is 43.7 Å². The van der Waals surface area contributed by atoms with Crippen LogP contribution >= 0.6 is 0 Å². The lowest BCUT2D eigenvalue weighted by Gasteiger charge is -2.05. The van der Waals surface area contributed by atoms with Gasteiger partial charge in [-0.05, 0) is 73.2 Å². The number of aromatic nitrogens is 4. The first-order valence-corrected chi connectivity index (χ1v) is 11.1. The second-order valence-corrected chi connectivity index (χ2v) is 7.97. The molecule has 0 aliphatic carbocycles. The highest BCUT2D eigenvalue weighted by Crippen LogP contribution is 2.18. The topological polar surface area (TPSA) is 33.5 Å². The Bertz CT molecular complexity index is 1120. The monoisotopic (exact) mass is 410 g/mol. The van der Waals surface area contributed by atoms with E-state index in [4.69, 9.17) is 0 Å². The average Bonchev–Trinajstić information content (AvgIpc) is 2.82. The van der Waals surface area contributed by atoms with Gasteiger partial charge in [0.15, 0.2) is 24.8 Å². The minimum Gasteiger partial charge on any atom is -0.255 e. The molecule has 4 heterocycles. The molecule has 156 valence electrons. The van der Waals surface area contributed by atoms with Gasteiger partial charge in [0, 0.05) is 43.1 Å². The van der Waals surface area contributed by atoms with E-state index in [1.807, 2.05) is 18.5 Å². The smallest absolute Gasteiger partial charge is 0.169 e. The Morgan fingerprint density at radius 2 is 1.32 bits per heavy atom. The van der Waals surface area contributed by atoms with Crippen molar-refractivity contribution in [3.63, 3.8) is 0 Å². The largest absolute Gasteiger partial charge is 0.255 e. The zero-order valence-corrected chi connectivity index (χ0v) is 18.4.